The predicted octanol–water partition coefficient (Wildman–Crippen LogP) is 4.85. The number of aliphatic hydroxyl groups excluding tert-OH is 1. The van der Waals surface area contributed by atoms with E-state index in [0.717, 1.165) is 12.8 Å². The molecule has 4 heteroatoms. The van der Waals surface area contributed by atoms with E-state index in [1.165, 1.54) is 0 Å². The van der Waals surface area contributed by atoms with Crippen molar-refractivity contribution in [2.45, 2.75) is 86.2 Å². The minimum Gasteiger partial charge on any atom is -0.508 e. The molecular weight excluding hydrogens is 328 g/mol. The van der Waals surface area contributed by atoms with Gasteiger partial charge in [-0.05, 0) is 37.0 Å². The lowest BCUT2D eigenvalue weighted by Gasteiger charge is -2.36. The number of hydrogen-bond donors (Lipinski definition) is 2. The van der Waals surface area contributed by atoms with Crippen molar-refractivity contribution < 1.29 is 19.8 Å². The number of Topliss-reactive ketones (excluding diaryl/α,β-unsaturated/α-hetero) is 2. The average Bonchev–Trinajstić information content (AvgIpc) is 2.76. The standard InChI is InChI=1S/C22H38O4/c1-8-15(6)19(23)18-20(24)17(12-10-14(4)5)22(26,21(18)25)16(7)11-9-13(2)3/h13-17,25-26H,8-12H2,1-7H3/t15?,16-,17?,22+/m1/s1. The van der Waals surface area contributed by atoms with Crippen LogP contribution in [-0.4, -0.2) is 27.4 Å². The molecular formula is C22H38O4. The molecule has 150 valence electrons. The summed E-state index contributed by atoms with van der Waals surface area (Å²) in [4.78, 5) is 25.8. The quantitative estimate of drug-likeness (QED) is 0.542. The zero-order valence-electron chi connectivity index (χ0n) is 17.6. The number of carbonyl (C=O) groups is 2. The van der Waals surface area contributed by atoms with Crippen LogP contribution in [0.4, 0.5) is 0 Å². The smallest absolute Gasteiger partial charge is 0.176 e. The van der Waals surface area contributed by atoms with E-state index in [1.807, 2.05) is 13.8 Å². The second-order valence-electron chi connectivity index (χ2n) is 8.98. The third kappa shape index (κ3) is 4.57. The summed E-state index contributed by atoms with van der Waals surface area (Å²) in [5, 5.41) is 22.3. The van der Waals surface area contributed by atoms with Crippen molar-refractivity contribution in [2.24, 2.45) is 29.6 Å². The van der Waals surface area contributed by atoms with Gasteiger partial charge in [-0.25, -0.2) is 0 Å². The van der Waals surface area contributed by atoms with Crippen LogP contribution in [-0.2, 0) is 9.59 Å². The van der Waals surface area contributed by atoms with Gasteiger partial charge in [-0.15, -0.1) is 0 Å². The average molecular weight is 367 g/mol. The molecule has 2 N–H and O–H groups in total. The van der Waals surface area contributed by atoms with Gasteiger partial charge in [0.2, 0.25) is 0 Å². The van der Waals surface area contributed by atoms with Crippen LogP contribution in [0.3, 0.4) is 0 Å². The Morgan fingerprint density at radius 2 is 1.58 bits per heavy atom. The highest BCUT2D eigenvalue weighted by Gasteiger charge is 2.57. The molecule has 0 radical (unpaired) electrons. The molecule has 1 rings (SSSR count). The van der Waals surface area contributed by atoms with Crippen molar-refractivity contribution in [3.05, 3.63) is 11.3 Å². The van der Waals surface area contributed by atoms with Gasteiger partial charge in [0.1, 0.15) is 16.9 Å². The monoisotopic (exact) mass is 366 g/mol. The highest BCUT2D eigenvalue weighted by atomic mass is 16.3. The summed E-state index contributed by atoms with van der Waals surface area (Å²) in [6, 6.07) is 0. The highest BCUT2D eigenvalue weighted by molar-refractivity contribution is 6.24. The molecule has 0 fully saturated rings. The van der Waals surface area contributed by atoms with Gasteiger partial charge in [-0.3, -0.25) is 9.59 Å². The maximum Gasteiger partial charge on any atom is 0.176 e. The van der Waals surface area contributed by atoms with E-state index >= 15 is 0 Å². The second kappa shape index (κ2) is 9.16. The predicted molar refractivity (Wildman–Crippen MR) is 105 cm³/mol. The zero-order valence-corrected chi connectivity index (χ0v) is 17.6. The van der Waals surface area contributed by atoms with Crippen molar-refractivity contribution in [3.8, 4) is 0 Å². The number of carbonyl (C=O) groups excluding carboxylic acids is 2. The highest BCUT2D eigenvalue weighted by Crippen LogP contribution is 2.46. The van der Waals surface area contributed by atoms with Crippen molar-refractivity contribution >= 4 is 11.6 Å². The fraction of sp³-hybridized carbons (Fsp3) is 0.818. The Morgan fingerprint density at radius 1 is 1.04 bits per heavy atom. The molecule has 1 aliphatic rings. The maximum atomic E-state index is 13.0. The van der Waals surface area contributed by atoms with Crippen LogP contribution in [0.15, 0.2) is 11.3 Å². The van der Waals surface area contributed by atoms with Gasteiger partial charge >= 0.3 is 0 Å². The maximum absolute atomic E-state index is 13.0. The zero-order chi connectivity index (χ0) is 20.2. The van der Waals surface area contributed by atoms with Gasteiger partial charge in [0.25, 0.3) is 0 Å². The molecule has 0 amide bonds. The molecule has 2 unspecified atom stereocenters. The van der Waals surface area contributed by atoms with Crippen LogP contribution in [0.2, 0.25) is 0 Å². The van der Waals surface area contributed by atoms with E-state index in [1.54, 1.807) is 6.92 Å². The number of ketones is 2. The van der Waals surface area contributed by atoms with Gasteiger partial charge in [-0.1, -0.05) is 61.3 Å². The van der Waals surface area contributed by atoms with Gasteiger partial charge in [0, 0.05) is 5.92 Å². The summed E-state index contributed by atoms with van der Waals surface area (Å²) in [5.74, 6) is -1.57. The molecule has 4 nitrogen and oxygen atoms in total. The Balaban J connectivity index is 3.29. The van der Waals surface area contributed by atoms with E-state index in [-0.39, 0.29) is 34.7 Å². The van der Waals surface area contributed by atoms with Crippen molar-refractivity contribution in [1.82, 2.24) is 0 Å². The first kappa shape index (κ1) is 22.9. The summed E-state index contributed by atoms with van der Waals surface area (Å²) in [6.07, 6.45) is 3.46. The van der Waals surface area contributed by atoms with Gasteiger partial charge in [0.15, 0.2) is 11.6 Å². The number of allylic oxidation sites excluding steroid dienone is 1. The molecule has 0 aromatic rings. The van der Waals surface area contributed by atoms with Crippen LogP contribution in [0, 0.1) is 29.6 Å². The van der Waals surface area contributed by atoms with Crippen molar-refractivity contribution in [3.63, 3.8) is 0 Å². The fourth-order valence-electron chi connectivity index (χ4n) is 3.76. The molecule has 0 saturated heterocycles. The number of aliphatic hydroxyl groups is 2. The van der Waals surface area contributed by atoms with E-state index in [0.29, 0.717) is 31.1 Å². The summed E-state index contributed by atoms with van der Waals surface area (Å²) in [6.45, 7) is 13.9. The van der Waals surface area contributed by atoms with E-state index in [4.69, 9.17) is 0 Å². The Bertz CT molecular complexity index is 546. The first-order valence-electron chi connectivity index (χ1n) is 10.2. The summed E-state index contributed by atoms with van der Waals surface area (Å²) >= 11 is 0. The molecule has 0 spiro atoms. The van der Waals surface area contributed by atoms with Crippen LogP contribution >= 0.6 is 0 Å². The van der Waals surface area contributed by atoms with E-state index in [2.05, 4.69) is 27.7 Å². The molecule has 0 bridgehead atoms. The summed E-state index contributed by atoms with van der Waals surface area (Å²) in [7, 11) is 0. The Labute approximate surface area is 159 Å². The van der Waals surface area contributed by atoms with Crippen molar-refractivity contribution in [1.29, 1.82) is 0 Å². The molecule has 0 aromatic carbocycles. The van der Waals surface area contributed by atoms with Crippen LogP contribution in [0.5, 0.6) is 0 Å². The molecule has 26 heavy (non-hydrogen) atoms. The van der Waals surface area contributed by atoms with Gasteiger partial charge in [-0.2, -0.15) is 0 Å². The SMILES string of the molecule is CCC(C)C(=O)C1=C(O)[C@](O)([C@H](C)CCC(C)C)C(CCC(C)C)C1=O. The van der Waals surface area contributed by atoms with E-state index in [9.17, 15) is 19.8 Å². The fourth-order valence-corrected chi connectivity index (χ4v) is 3.76. The molecule has 0 heterocycles. The van der Waals surface area contributed by atoms with Crippen molar-refractivity contribution in [2.75, 3.05) is 0 Å². The number of rotatable bonds is 10. The first-order chi connectivity index (χ1) is 12.0. The van der Waals surface area contributed by atoms with Crippen LogP contribution in [0.25, 0.3) is 0 Å². The summed E-state index contributed by atoms with van der Waals surface area (Å²) < 4.78 is 0. The van der Waals surface area contributed by atoms with E-state index < -0.39 is 11.5 Å². The van der Waals surface area contributed by atoms with Crippen LogP contribution in [0.1, 0.15) is 80.6 Å². The second-order valence-corrected chi connectivity index (χ2v) is 8.98. The molecule has 4 atom stereocenters. The molecule has 0 aromatic heterocycles. The third-order valence-electron chi connectivity index (χ3n) is 5.98. The van der Waals surface area contributed by atoms with Gasteiger partial charge < -0.3 is 10.2 Å². The Morgan fingerprint density at radius 3 is 2.04 bits per heavy atom. The Kier molecular flexibility index (Phi) is 8.06. The topological polar surface area (TPSA) is 74.6 Å². The third-order valence-corrected chi connectivity index (χ3v) is 5.98. The van der Waals surface area contributed by atoms with Gasteiger partial charge in [0.05, 0.1) is 5.92 Å². The lowest BCUT2D eigenvalue weighted by molar-refractivity contribution is -0.130. The molecule has 1 aliphatic carbocycles. The first-order valence-corrected chi connectivity index (χ1v) is 10.2. The normalized spacial score (nSPS) is 26.1. The largest absolute Gasteiger partial charge is 0.508 e. The molecule has 0 saturated carbocycles. The van der Waals surface area contributed by atoms with Crippen LogP contribution < -0.4 is 0 Å². The number of hydrogen-bond acceptors (Lipinski definition) is 4. The Hall–Kier alpha value is -1.16. The lowest BCUT2D eigenvalue weighted by Crippen LogP contribution is -2.45. The molecule has 0 aliphatic heterocycles. The minimum atomic E-state index is -1.63. The lowest BCUT2D eigenvalue weighted by atomic mass is 9.74. The summed E-state index contributed by atoms with van der Waals surface area (Å²) in [5.41, 5.74) is -1.77. The minimum absolute atomic E-state index is 0.146.